The van der Waals surface area contributed by atoms with E-state index in [1.807, 2.05) is 26.0 Å². The number of hydrogen-bond acceptors (Lipinski definition) is 4. The van der Waals surface area contributed by atoms with E-state index in [1.54, 1.807) is 12.2 Å². The molecule has 0 unspecified atom stereocenters. The maximum atomic E-state index is 10.4. The summed E-state index contributed by atoms with van der Waals surface area (Å²) in [4.78, 5) is 10.4. The summed E-state index contributed by atoms with van der Waals surface area (Å²) in [6.45, 7) is 4.43. The Labute approximate surface area is 125 Å². The van der Waals surface area contributed by atoms with Gasteiger partial charge in [-0.25, -0.2) is 0 Å². The Morgan fingerprint density at radius 3 is 2.86 bits per heavy atom. The van der Waals surface area contributed by atoms with Crippen molar-refractivity contribution in [3.63, 3.8) is 0 Å². The van der Waals surface area contributed by atoms with Crippen molar-refractivity contribution in [2.75, 3.05) is 13.2 Å². The van der Waals surface area contributed by atoms with E-state index in [-0.39, 0.29) is 18.6 Å². The van der Waals surface area contributed by atoms with E-state index in [2.05, 4.69) is 5.92 Å². The molecule has 1 heterocycles. The second kappa shape index (κ2) is 8.63. The second-order valence-corrected chi connectivity index (χ2v) is 5.12. The summed E-state index contributed by atoms with van der Waals surface area (Å²) in [5.41, 5.74) is 0. The first-order chi connectivity index (χ1) is 9.94. The number of ether oxygens (including phenoxy) is 3. The quantitative estimate of drug-likeness (QED) is 0.422. The van der Waals surface area contributed by atoms with Gasteiger partial charge in [0.1, 0.15) is 12.2 Å². The summed E-state index contributed by atoms with van der Waals surface area (Å²) >= 11 is 0. The Kier molecular flexibility index (Phi) is 7.17. The summed E-state index contributed by atoms with van der Waals surface area (Å²) in [5.74, 6) is 0.916. The molecule has 0 spiro atoms. The first-order valence-corrected chi connectivity index (χ1v) is 6.89. The average Bonchev–Trinajstić information content (AvgIpc) is 2.68. The van der Waals surface area contributed by atoms with Crippen molar-refractivity contribution in [3.05, 3.63) is 24.3 Å². The van der Waals surface area contributed by atoms with Crippen molar-refractivity contribution in [1.29, 1.82) is 0 Å². The fourth-order valence-corrected chi connectivity index (χ4v) is 1.96. The van der Waals surface area contributed by atoms with Crippen LogP contribution in [0.1, 0.15) is 26.7 Å². The molecule has 1 aliphatic heterocycles. The maximum absolute atomic E-state index is 10.4. The van der Waals surface area contributed by atoms with Crippen molar-refractivity contribution >= 4 is 5.97 Å². The third-order valence-corrected chi connectivity index (χ3v) is 2.79. The molecule has 1 aliphatic rings. The van der Waals surface area contributed by atoms with Gasteiger partial charge in [0, 0.05) is 13.0 Å². The molecule has 0 aromatic heterocycles. The van der Waals surface area contributed by atoms with Gasteiger partial charge in [-0.3, -0.25) is 4.79 Å². The summed E-state index contributed by atoms with van der Waals surface area (Å²) in [6, 6.07) is 0. The molecule has 1 rings (SSSR count). The van der Waals surface area contributed by atoms with E-state index in [1.165, 1.54) is 0 Å². The van der Waals surface area contributed by atoms with Crippen LogP contribution in [-0.4, -0.2) is 42.3 Å². The van der Waals surface area contributed by atoms with Crippen LogP contribution in [-0.2, 0) is 19.0 Å². The van der Waals surface area contributed by atoms with Gasteiger partial charge < -0.3 is 19.3 Å². The lowest BCUT2D eigenvalue weighted by molar-refractivity contribution is -0.148. The zero-order chi connectivity index (χ0) is 15.7. The third kappa shape index (κ3) is 7.09. The molecule has 21 heavy (non-hydrogen) atoms. The molecule has 0 saturated carbocycles. The number of carboxylic acid groups (broad SMARTS) is 1. The predicted molar refractivity (Wildman–Crippen MR) is 78.6 cm³/mol. The van der Waals surface area contributed by atoms with Crippen LogP contribution in [0.25, 0.3) is 0 Å². The molecule has 0 aliphatic carbocycles. The van der Waals surface area contributed by atoms with Crippen molar-refractivity contribution in [2.45, 2.75) is 44.7 Å². The molecule has 5 nitrogen and oxygen atoms in total. The minimum Gasteiger partial charge on any atom is -0.481 e. The van der Waals surface area contributed by atoms with E-state index in [0.29, 0.717) is 19.6 Å². The van der Waals surface area contributed by atoms with Crippen molar-refractivity contribution in [3.8, 4) is 12.3 Å². The number of rotatable bonds is 8. The van der Waals surface area contributed by atoms with Crippen LogP contribution < -0.4 is 0 Å². The maximum Gasteiger partial charge on any atom is 0.303 e. The highest BCUT2D eigenvalue weighted by Gasteiger charge is 2.39. The van der Waals surface area contributed by atoms with E-state index >= 15 is 0 Å². The van der Waals surface area contributed by atoms with Gasteiger partial charge in [-0.05, 0) is 26.3 Å². The van der Waals surface area contributed by atoms with Crippen LogP contribution >= 0.6 is 0 Å². The fraction of sp³-hybridized carbons (Fsp3) is 0.562. The zero-order valence-electron chi connectivity index (χ0n) is 12.5. The van der Waals surface area contributed by atoms with Crippen LogP contribution in [0.15, 0.2) is 24.3 Å². The van der Waals surface area contributed by atoms with Gasteiger partial charge in [0.15, 0.2) is 5.79 Å². The van der Waals surface area contributed by atoms with Gasteiger partial charge in [-0.1, -0.05) is 24.1 Å². The molecular formula is C16H22O5. The summed E-state index contributed by atoms with van der Waals surface area (Å²) in [7, 11) is 0. The van der Waals surface area contributed by atoms with Crippen LogP contribution in [0.2, 0.25) is 0 Å². The van der Waals surface area contributed by atoms with Gasteiger partial charge >= 0.3 is 5.97 Å². The first kappa shape index (κ1) is 17.4. The number of aliphatic carboxylic acids is 1. The van der Waals surface area contributed by atoms with E-state index in [0.717, 1.165) is 0 Å². The number of carbonyl (C=O) groups is 1. The van der Waals surface area contributed by atoms with Gasteiger partial charge in [-0.15, -0.1) is 6.42 Å². The Hall–Kier alpha value is -1.61. The molecular weight excluding hydrogens is 272 g/mol. The SMILES string of the molecule is C#C/C=C/C=C/[C@H]1OC(C)(C)O[C@H]1COCCCC(=O)O. The number of allylic oxidation sites excluding steroid dienone is 3. The monoisotopic (exact) mass is 294 g/mol. The van der Waals surface area contributed by atoms with Crippen molar-refractivity contribution in [2.24, 2.45) is 0 Å². The average molecular weight is 294 g/mol. The number of carboxylic acids is 1. The van der Waals surface area contributed by atoms with Gasteiger partial charge in [0.2, 0.25) is 0 Å². The largest absolute Gasteiger partial charge is 0.481 e. The Morgan fingerprint density at radius 2 is 2.19 bits per heavy atom. The highest BCUT2D eigenvalue weighted by Crippen LogP contribution is 2.29. The normalized spacial score (nSPS) is 24.6. The lowest BCUT2D eigenvalue weighted by Crippen LogP contribution is -2.27. The molecule has 1 fully saturated rings. The molecule has 0 amide bonds. The molecule has 116 valence electrons. The number of terminal acetylenes is 1. The topological polar surface area (TPSA) is 65.0 Å². The summed E-state index contributed by atoms with van der Waals surface area (Å²) in [5, 5.41) is 8.55. The van der Waals surface area contributed by atoms with Crippen molar-refractivity contribution in [1.82, 2.24) is 0 Å². The highest BCUT2D eigenvalue weighted by atomic mass is 16.8. The lowest BCUT2D eigenvalue weighted by atomic mass is 10.2. The molecule has 0 aromatic carbocycles. The predicted octanol–water partition coefficient (Wildman–Crippen LogP) is 2.13. The van der Waals surface area contributed by atoms with E-state index < -0.39 is 11.8 Å². The van der Waals surface area contributed by atoms with Gasteiger partial charge in [-0.2, -0.15) is 0 Å². The third-order valence-electron chi connectivity index (χ3n) is 2.79. The van der Waals surface area contributed by atoms with E-state index in [9.17, 15) is 4.79 Å². The smallest absolute Gasteiger partial charge is 0.303 e. The van der Waals surface area contributed by atoms with E-state index in [4.69, 9.17) is 25.7 Å². The highest BCUT2D eigenvalue weighted by molar-refractivity contribution is 5.66. The molecule has 1 N–H and O–H groups in total. The Morgan fingerprint density at radius 1 is 1.43 bits per heavy atom. The second-order valence-electron chi connectivity index (χ2n) is 5.12. The summed E-state index contributed by atoms with van der Waals surface area (Å²) < 4.78 is 17.0. The minimum absolute atomic E-state index is 0.105. The van der Waals surface area contributed by atoms with Crippen LogP contribution in [0.5, 0.6) is 0 Å². The molecule has 1 saturated heterocycles. The Bertz CT molecular complexity index is 430. The lowest BCUT2D eigenvalue weighted by Gasteiger charge is -2.16. The van der Waals surface area contributed by atoms with Crippen LogP contribution in [0.4, 0.5) is 0 Å². The molecule has 2 atom stereocenters. The molecule has 0 radical (unpaired) electrons. The van der Waals surface area contributed by atoms with Gasteiger partial charge in [0.05, 0.1) is 6.61 Å². The van der Waals surface area contributed by atoms with Crippen LogP contribution in [0.3, 0.4) is 0 Å². The Balaban J connectivity index is 2.41. The summed E-state index contributed by atoms with van der Waals surface area (Å²) in [6.07, 6.45) is 12.3. The minimum atomic E-state index is -0.818. The van der Waals surface area contributed by atoms with Crippen LogP contribution in [0, 0.1) is 12.3 Å². The molecule has 0 aromatic rings. The standard InChI is InChI=1S/C16H22O5/c1-4-5-6-7-9-13-14(21-16(2,3)20-13)12-19-11-8-10-15(17)18/h1,5-7,9,13-14H,8,10-12H2,2-3H3,(H,17,18)/b6-5+,9-7+/t13-,14+/m1/s1. The van der Waals surface area contributed by atoms with Crippen molar-refractivity contribution < 1.29 is 24.1 Å². The molecule has 5 heteroatoms. The first-order valence-electron chi connectivity index (χ1n) is 6.89. The molecule has 0 bridgehead atoms. The fourth-order valence-electron chi connectivity index (χ4n) is 1.96. The number of hydrogen-bond donors (Lipinski definition) is 1. The van der Waals surface area contributed by atoms with Gasteiger partial charge in [0.25, 0.3) is 0 Å². The zero-order valence-corrected chi connectivity index (χ0v) is 12.5.